The Labute approximate surface area is 164 Å². The molecule has 3 rings (SSSR count). The van der Waals surface area contributed by atoms with E-state index in [4.69, 9.17) is 0 Å². The summed E-state index contributed by atoms with van der Waals surface area (Å²) in [7, 11) is 0. The number of nitrogens with zero attached hydrogens (tertiary/aromatic N) is 5. The molecule has 7 nitrogen and oxygen atoms in total. The van der Waals surface area contributed by atoms with Crippen molar-refractivity contribution in [3.63, 3.8) is 0 Å². The van der Waals surface area contributed by atoms with Gasteiger partial charge in [0.05, 0.1) is 11.4 Å². The Morgan fingerprint density at radius 1 is 1.27 bits per heavy atom. The van der Waals surface area contributed by atoms with Crippen LogP contribution >= 0.6 is 27.3 Å². The molecule has 0 fully saturated rings. The summed E-state index contributed by atoms with van der Waals surface area (Å²) in [5.41, 5.74) is 1.76. The Morgan fingerprint density at radius 3 is 2.88 bits per heavy atom. The zero-order chi connectivity index (χ0) is 18.5. The molecule has 0 atom stereocenters. The molecule has 1 N–H and O–H groups in total. The van der Waals surface area contributed by atoms with Crippen LogP contribution in [0.2, 0.25) is 0 Å². The second kappa shape index (κ2) is 8.50. The van der Waals surface area contributed by atoms with Crippen LogP contribution in [0.3, 0.4) is 0 Å². The highest BCUT2D eigenvalue weighted by Gasteiger charge is 2.19. The van der Waals surface area contributed by atoms with Gasteiger partial charge in [0.15, 0.2) is 5.69 Å². The van der Waals surface area contributed by atoms with Gasteiger partial charge in [0.2, 0.25) is 5.13 Å². The van der Waals surface area contributed by atoms with Crippen LogP contribution in [0.15, 0.2) is 28.7 Å². The van der Waals surface area contributed by atoms with Crippen LogP contribution in [-0.2, 0) is 6.42 Å². The molecule has 1 amide bonds. The minimum atomic E-state index is -0.333. The van der Waals surface area contributed by atoms with Gasteiger partial charge in [-0.3, -0.25) is 10.1 Å². The van der Waals surface area contributed by atoms with Crippen molar-refractivity contribution in [2.75, 3.05) is 5.32 Å². The molecule has 136 valence electrons. The van der Waals surface area contributed by atoms with Gasteiger partial charge in [0.1, 0.15) is 5.01 Å². The van der Waals surface area contributed by atoms with Crippen molar-refractivity contribution >= 4 is 38.3 Å². The van der Waals surface area contributed by atoms with Crippen LogP contribution in [0.4, 0.5) is 5.13 Å². The van der Waals surface area contributed by atoms with Crippen molar-refractivity contribution in [3.05, 3.63) is 45.1 Å². The maximum Gasteiger partial charge on any atom is 0.279 e. The van der Waals surface area contributed by atoms with E-state index >= 15 is 0 Å². The Bertz CT molecular complexity index is 906. The average Bonchev–Trinajstić information content (AvgIpc) is 3.21. The molecule has 0 unspecified atom stereocenters. The zero-order valence-electron chi connectivity index (χ0n) is 14.6. The van der Waals surface area contributed by atoms with Crippen molar-refractivity contribution in [3.8, 4) is 5.69 Å². The predicted molar refractivity (Wildman–Crippen MR) is 105 cm³/mol. The Kier molecular flexibility index (Phi) is 6.10. The lowest BCUT2D eigenvalue weighted by molar-refractivity contribution is 0.102. The van der Waals surface area contributed by atoms with E-state index in [0.717, 1.165) is 34.4 Å². The number of hydrogen-bond donors (Lipinski definition) is 1. The van der Waals surface area contributed by atoms with E-state index < -0.39 is 0 Å². The van der Waals surface area contributed by atoms with E-state index in [1.165, 1.54) is 17.8 Å². The molecule has 1 aromatic carbocycles. The number of benzene rings is 1. The quantitative estimate of drug-likeness (QED) is 0.563. The van der Waals surface area contributed by atoms with E-state index in [-0.39, 0.29) is 11.6 Å². The topological polar surface area (TPSA) is 85.6 Å². The molecule has 0 saturated carbocycles. The number of carbonyl (C=O) groups is 1. The molecule has 0 aliphatic carbocycles. The first kappa shape index (κ1) is 18.7. The predicted octanol–water partition coefficient (Wildman–Crippen LogP) is 4.17. The summed E-state index contributed by atoms with van der Waals surface area (Å²) in [4.78, 5) is 12.5. The first-order chi connectivity index (χ1) is 12.6. The molecule has 0 aliphatic heterocycles. The molecule has 0 saturated heterocycles. The molecular formula is C17H19BrN6OS. The number of carbonyl (C=O) groups excluding carboxylic acids is 1. The van der Waals surface area contributed by atoms with Gasteiger partial charge in [-0.15, -0.1) is 15.3 Å². The standard InChI is InChI=1S/C17H19BrN6OS/c1-3-4-5-9-14-20-22-17(26-14)19-16(25)15-11(2)24(23-21-15)13-8-6-7-12(18)10-13/h6-8,10H,3-5,9H2,1-2H3,(H,19,22,25). The van der Waals surface area contributed by atoms with E-state index in [9.17, 15) is 4.79 Å². The lowest BCUT2D eigenvalue weighted by Crippen LogP contribution is -2.14. The smallest absolute Gasteiger partial charge is 0.279 e. The van der Waals surface area contributed by atoms with E-state index in [1.54, 1.807) is 4.68 Å². The molecular weight excluding hydrogens is 416 g/mol. The number of halogens is 1. The van der Waals surface area contributed by atoms with E-state index in [2.05, 4.69) is 48.7 Å². The lowest BCUT2D eigenvalue weighted by Gasteiger charge is -2.04. The van der Waals surface area contributed by atoms with Crippen molar-refractivity contribution in [2.45, 2.75) is 39.5 Å². The van der Waals surface area contributed by atoms with Crippen molar-refractivity contribution in [1.29, 1.82) is 0 Å². The minimum Gasteiger partial charge on any atom is -0.295 e. The first-order valence-electron chi connectivity index (χ1n) is 8.40. The molecule has 3 aromatic rings. The third-order valence-electron chi connectivity index (χ3n) is 3.84. The van der Waals surface area contributed by atoms with Gasteiger partial charge in [-0.05, 0) is 31.5 Å². The zero-order valence-corrected chi connectivity index (χ0v) is 17.0. The number of aromatic nitrogens is 5. The fourth-order valence-corrected chi connectivity index (χ4v) is 3.64. The van der Waals surface area contributed by atoms with E-state index in [0.29, 0.717) is 10.8 Å². The van der Waals surface area contributed by atoms with Gasteiger partial charge in [-0.1, -0.05) is 58.3 Å². The lowest BCUT2D eigenvalue weighted by atomic mass is 10.2. The Morgan fingerprint density at radius 2 is 2.12 bits per heavy atom. The SMILES string of the molecule is CCCCCc1nnc(NC(=O)c2nnn(-c3cccc(Br)c3)c2C)s1. The summed E-state index contributed by atoms with van der Waals surface area (Å²) in [6.07, 6.45) is 4.30. The molecule has 0 aliphatic rings. The summed E-state index contributed by atoms with van der Waals surface area (Å²) in [5, 5.41) is 20.5. The normalized spacial score (nSPS) is 10.9. The van der Waals surface area contributed by atoms with Crippen LogP contribution in [0.1, 0.15) is 47.4 Å². The fourth-order valence-electron chi connectivity index (χ4n) is 2.48. The van der Waals surface area contributed by atoms with Crippen molar-refractivity contribution in [2.24, 2.45) is 0 Å². The fraction of sp³-hybridized carbons (Fsp3) is 0.353. The highest BCUT2D eigenvalue weighted by molar-refractivity contribution is 9.10. The third-order valence-corrected chi connectivity index (χ3v) is 5.24. The van der Waals surface area contributed by atoms with Gasteiger partial charge in [-0.25, -0.2) is 4.68 Å². The number of hydrogen-bond acceptors (Lipinski definition) is 6. The second-order valence-corrected chi connectivity index (χ2v) is 7.81. The van der Waals surface area contributed by atoms with Gasteiger partial charge in [0.25, 0.3) is 5.91 Å². The molecule has 0 radical (unpaired) electrons. The monoisotopic (exact) mass is 434 g/mol. The summed E-state index contributed by atoms with van der Waals surface area (Å²) in [5.74, 6) is -0.333. The van der Waals surface area contributed by atoms with Gasteiger partial charge < -0.3 is 0 Å². The Balaban J connectivity index is 1.71. The maximum absolute atomic E-state index is 12.5. The molecule has 0 bridgehead atoms. The number of aryl methyl sites for hydroxylation is 1. The molecule has 0 spiro atoms. The van der Waals surface area contributed by atoms with Crippen LogP contribution in [0, 0.1) is 6.92 Å². The average molecular weight is 435 g/mol. The van der Waals surface area contributed by atoms with Crippen molar-refractivity contribution in [1.82, 2.24) is 25.2 Å². The highest BCUT2D eigenvalue weighted by Crippen LogP contribution is 2.20. The molecule has 9 heteroatoms. The largest absolute Gasteiger partial charge is 0.295 e. The summed E-state index contributed by atoms with van der Waals surface area (Å²) in [6, 6.07) is 7.65. The summed E-state index contributed by atoms with van der Waals surface area (Å²) in [6.45, 7) is 3.97. The van der Waals surface area contributed by atoms with Crippen LogP contribution in [0.5, 0.6) is 0 Å². The number of rotatable bonds is 7. The van der Waals surface area contributed by atoms with Gasteiger partial charge >= 0.3 is 0 Å². The number of nitrogens with one attached hydrogen (secondary N) is 1. The summed E-state index contributed by atoms with van der Waals surface area (Å²) < 4.78 is 2.57. The Hall–Kier alpha value is -2.13. The highest BCUT2D eigenvalue weighted by atomic mass is 79.9. The first-order valence-corrected chi connectivity index (χ1v) is 10.0. The molecule has 26 heavy (non-hydrogen) atoms. The van der Waals surface area contributed by atoms with E-state index in [1.807, 2.05) is 31.2 Å². The maximum atomic E-state index is 12.5. The van der Waals surface area contributed by atoms with Gasteiger partial charge in [0, 0.05) is 10.9 Å². The van der Waals surface area contributed by atoms with Crippen LogP contribution in [-0.4, -0.2) is 31.1 Å². The van der Waals surface area contributed by atoms with Crippen LogP contribution < -0.4 is 5.32 Å². The summed E-state index contributed by atoms with van der Waals surface area (Å²) >= 11 is 4.84. The number of anilines is 1. The van der Waals surface area contributed by atoms with Gasteiger partial charge in [-0.2, -0.15) is 0 Å². The number of unbranched alkanes of at least 4 members (excludes halogenated alkanes) is 2. The van der Waals surface area contributed by atoms with Crippen LogP contribution in [0.25, 0.3) is 5.69 Å². The minimum absolute atomic E-state index is 0.271. The van der Waals surface area contributed by atoms with Crippen molar-refractivity contribution < 1.29 is 4.79 Å². The second-order valence-electron chi connectivity index (χ2n) is 5.83. The third kappa shape index (κ3) is 4.34. The number of amides is 1. The molecule has 2 heterocycles. The molecule has 2 aromatic heterocycles.